The standard InChI is InChI=1S/C17H16N4O3/c1-21-5-4-10-11(7-21)14(12-3-2-6-24-12)17(8-18,9-19)15(20)13(10)16(22)23/h2-4,6,11,14H,5,7,20H2,1H3,(H,22,23)/t11-,14-/m1/s1. The van der Waals surface area contributed by atoms with Crippen LogP contribution in [0.15, 0.2) is 45.7 Å². The minimum atomic E-state index is -1.79. The number of carboxylic acid groups (broad SMARTS) is 1. The average molecular weight is 324 g/mol. The molecule has 0 fully saturated rings. The van der Waals surface area contributed by atoms with E-state index < -0.39 is 17.3 Å². The Labute approximate surface area is 138 Å². The van der Waals surface area contributed by atoms with E-state index in [9.17, 15) is 20.4 Å². The summed E-state index contributed by atoms with van der Waals surface area (Å²) in [5.74, 6) is -1.80. The van der Waals surface area contributed by atoms with Gasteiger partial charge >= 0.3 is 5.97 Å². The van der Waals surface area contributed by atoms with Crippen molar-refractivity contribution < 1.29 is 14.3 Å². The molecular formula is C17H16N4O3. The number of carbonyl (C=O) groups is 1. The first-order valence-electron chi connectivity index (χ1n) is 7.44. The van der Waals surface area contributed by atoms with E-state index in [0.29, 0.717) is 24.4 Å². The van der Waals surface area contributed by atoms with Gasteiger partial charge in [-0.25, -0.2) is 4.79 Å². The highest BCUT2D eigenvalue weighted by Crippen LogP contribution is 2.54. The van der Waals surface area contributed by atoms with Crippen LogP contribution >= 0.6 is 0 Å². The van der Waals surface area contributed by atoms with Crippen LogP contribution in [0, 0.1) is 34.0 Å². The Bertz CT molecular complexity index is 809. The topological polar surface area (TPSA) is 127 Å². The van der Waals surface area contributed by atoms with E-state index in [0.717, 1.165) is 0 Å². The Morgan fingerprint density at radius 2 is 2.21 bits per heavy atom. The molecule has 2 aliphatic rings. The summed E-state index contributed by atoms with van der Waals surface area (Å²) < 4.78 is 5.49. The summed E-state index contributed by atoms with van der Waals surface area (Å²) in [6, 6.07) is 7.32. The number of allylic oxidation sites excluding steroid dienone is 1. The third-order valence-corrected chi connectivity index (χ3v) is 4.80. The zero-order valence-electron chi connectivity index (χ0n) is 13.1. The molecular weight excluding hydrogens is 308 g/mol. The predicted octanol–water partition coefficient (Wildman–Crippen LogP) is 1.20. The SMILES string of the molecule is CN1CC=C2C(C(=O)O)=C(N)C(C#N)(C#N)[C@@H](c3ccco3)[C@@H]2C1. The highest BCUT2D eigenvalue weighted by molar-refractivity contribution is 5.94. The minimum absolute atomic E-state index is 0.126. The molecule has 3 rings (SSSR count). The molecule has 0 saturated heterocycles. The second-order valence-electron chi connectivity index (χ2n) is 6.11. The van der Waals surface area contributed by atoms with Gasteiger partial charge < -0.3 is 20.2 Å². The molecule has 3 N–H and O–H groups in total. The van der Waals surface area contributed by atoms with Gasteiger partial charge in [0.25, 0.3) is 0 Å². The van der Waals surface area contributed by atoms with Crippen molar-refractivity contribution in [3.05, 3.63) is 47.1 Å². The van der Waals surface area contributed by atoms with Gasteiger partial charge in [0.1, 0.15) is 5.76 Å². The first kappa shape index (κ1) is 15.9. The summed E-state index contributed by atoms with van der Waals surface area (Å²) in [4.78, 5) is 13.8. The summed E-state index contributed by atoms with van der Waals surface area (Å²) in [6.07, 6.45) is 3.27. The summed E-state index contributed by atoms with van der Waals surface area (Å²) in [7, 11) is 1.90. The summed E-state index contributed by atoms with van der Waals surface area (Å²) >= 11 is 0. The predicted molar refractivity (Wildman–Crippen MR) is 83.0 cm³/mol. The lowest BCUT2D eigenvalue weighted by molar-refractivity contribution is -0.132. The Balaban J connectivity index is 2.35. The number of nitriles is 2. The lowest BCUT2D eigenvalue weighted by Gasteiger charge is -2.44. The van der Waals surface area contributed by atoms with E-state index in [-0.39, 0.29) is 17.2 Å². The van der Waals surface area contributed by atoms with E-state index in [2.05, 4.69) is 0 Å². The maximum absolute atomic E-state index is 11.8. The highest BCUT2D eigenvalue weighted by Gasteiger charge is 2.56. The molecule has 0 saturated carbocycles. The van der Waals surface area contributed by atoms with Crippen molar-refractivity contribution in [2.45, 2.75) is 5.92 Å². The molecule has 24 heavy (non-hydrogen) atoms. The van der Waals surface area contributed by atoms with Gasteiger partial charge in [-0.3, -0.25) is 0 Å². The summed E-state index contributed by atoms with van der Waals surface area (Å²) in [6.45, 7) is 1.08. The van der Waals surface area contributed by atoms with Gasteiger partial charge in [-0.15, -0.1) is 0 Å². The van der Waals surface area contributed by atoms with Crippen LogP contribution in [0.5, 0.6) is 0 Å². The van der Waals surface area contributed by atoms with Gasteiger partial charge in [0.2, 0.25) is 0 Å². The molecule has 2 atom stereocenters. The van der Waals surface area contributed by atoms with Crippen molar-refractivity contribution in [3.63, 3.8) is 0 Å². The quantitative estimate of drug-likeness (QED) is 0.836. The van der Waals surface area contributed by atoms with Crippen LogP contribution < -0.4 is 5.73 Å². The van der Waals surface area contributed by atoms with E-state index in [1.54, 1.807) is 18.2 Å². The molecule has 0 aromatic carbocycles. The van der Waals surface area contributed by atoms with Gasteiger partial charge in [-0.05, 0) is 24.8 Å². The summed E-state index contributed by atoms with van der Waals surface area (Å²) in [5.41, 5.74) is 4.52. The maximum atomic E-state index is 11.8. The van der Waals surface area contributed by atoms with E-state index in [1.807, 2.05) is 24.1 Å². The van der Waals surface area contributed by atoms with Gasteiger partial charge in [-0.2, -0.15) is 10.5 Å². The molecule has 0 spiro atoms. The van der Waals surface area contributed by atoms with Crippen molar-refractivity contribution in [2.75, 3.05) is 20.1 Å². The molecule has 1 aromatic heterocycles. The molecule has 7 heteroatoms. The van der Waals surface area contributed by atoms with E-state index >= 15 is 0 Å². The Hall–Kier alpha value is -3.03. The monoisotopic (exact) mass is 324 g/mol. The van der Waals surface area contributed by atoms with Crippen LogP contribution in [0.1, 0.15) is 11.7 Å². The third kappa shape index (κ3) is 2.03. The maximum Gasteiger partial charge on any atom is 0.337 e. The smallest absolute Gasteiger partial charge is 0.337 e. The number of nitrogens with zero attached hydrogens (tertiary/aromatic N) is 3. The normalized spacial score (nSPS) is 26.0. The first-order chi connectivity index (χ1) is 11.5. The zero-order valence-corrected chi connectivity index (χ0v) is 13.1. The number of likely N-dealkylation sites (N-methyl/N-ethyl adjacent to an activating group) is 1. The Morgan fingerprint density at radius 3 is 2.75 bits per heavy atom. The molecule has 0 unspecified atom stereocenters. The lowest BCUT2D eigenvalue weighted by atomic mass is 9.59. The second-order valence-corrected chi connectivity index (χ2v) is 6.11. The van der Waals surface area contributed by atoms with Crippen LogP contribution in [0.25, 0.3) is 0 Å². The molecule has 7 nitrogen and oxygen atoms in total. The van der Waals surface area contributed by atoms with Crippen LogP contribution in [0.2, 0.25) is 0 Å². The molecule has 122 valence electrons. The van der Waals surface area contributed by atoms with Crippen molar-refractivity contribution in [1.29, 1.82) is 10.5 Å². The highest BCUT2D eigenvalue weighted by atomic mass is 16.4. The first-order valence-corrected chi connectivity index (χ1v) is 7.44. The molecule has 0 bridgehead atoms. The number of rotatable bonds is 2. The van der Waals surface area contributed by atoms with Crippen LogP contribution in [-0.4, -0.2) is 36.1 Å². The number of aliphatic carboxylic acids is 1. The van der Waals surface area contributed by atoms with Crippen molar-refractivity contribution >= 4 is 5.97 Å². The molecule has 0 radical (unpaired) electrons. The zero-order chi connectivity index (χ0) is 17.5. The average Bonchev–Trinajstić information content (AvgIpc) is 3.07. The van der Waals surface area contributed by atoms with Crippen molar-refractivity contribution in [2.24, 2.45) is 17.1 Å². The summed E-state index contributed by atoms with van der Waals surface area (Å²) in [5, 5.41) is 29.2. The van der Waals surface area contributed by atoms with Gasteiger partial charge in [0, 0.05) is 19.0 Å². The van der Waals surface area contributed by atoms with Crippen molar-refractivity contribution in [3.8, 4) is 12.1 Å². The molecule has 1 aliphatic heterocycles. The fourth-order valence-electron chi connectivity index (χ4n) is 3.71. The molecule has 1 aromatic rings. The number of nitrogens with two attached hydrogens (primary N) is 1. The largest absolute Gasteiger partial charge is 0.478 e. The number of carboxylic acids is 1. The fraction of sp³-hybridized carbons (Fsp3) is 0.353. The van der Waals surface area contributed by atoms with E-state index in [4.69, 9.17) is 10.2 Å². The number of fused-ring (bicyclic) bond motifs is 1. The number of furan rings is 1. The van der Waals surface area contributed by atoms with Crippen LogP contribution in [-0.2, 0) is 4.79 Å². The molecule has 1 aliphatic carbocycles. The Kier molecular flexibility index (Phi) is 3.67. The molecule has 0 amide bonds. The lowest BCUT2D eigenvalue weighted by Crippen LogP contribution is -2.48. The van der Waals surface area contributed by atoms with Gasteiger partial charge in [0.15, 0.2) is 5.41 Å². The Morgan fingerprint density at radius 1 is 1.50 bits per heavy atom. The van der Waals surface area contributed by atoms with E-state index in [1.165, 1.54) is 6.26 Å². The van der Waals surface area contributed by atoms with Crippen molar-refractivity contribution in [1.82, 2.24) is 4.90 Å². The fourth-order valence-corrected chi connectivity index (χ4v) is 3.71. The van der Waals surface area contributed by atoms with Gasteiger partial charge in [-0.1, -0.05) is 6.08 Å². The number of hydrogen-bond acceptors (Lipinski definition) is 6. The second kappa shape index (κ2) is 5.55. The van der Waals surface area contributed by atoms with Crippen LogP contribution in [0.4, 0.5) is 0 Å². The van der Waals surface area contributed by atoms with Gasteiger partial charge in [0.05, 0.1) is 35.6 Å². The van der Waals surface area contributed by atoms with Crippen LogP contribution in [0.3, 0.4) is 0 Å². The molecule has 2 heterocycles. The number of hydrogen-bond donors (Lipinski definition) is 2. The third-order valence-electron chi connectivity index (χ3n) is 4.80. The minimum Gasteiger partial charge on any atom is -0.478 e.